The number of carbonyl (C=O) groups is 1. The highest BCUT2D eigenvalue weighted by Gasteiger charge is 2.16. The molecule has 1 rings (SSSR count). The zero-order valence-corrected chi connectivity index (χ0v) is 15.9. The van der Waals surface area contributed by atoms with Gasteiger partial charge in [0.2, 0.25) is 5.91 Å². The molecule has 4 N–H and O–H groups in total. The minimum Gasteiger partial charge on any atom is -0.492 e. The monoisotopic (exact) mass is 349 g/mol. The van der Waals surface area contributed by atoms with E-state index < -0.39 is 0 Å². The smallest absolute Gasteiger partial charge is 0.223 e. The van der Waals surface area contributed by atoms with Crippen LogP contribution in [0.3, 0.4) is 0 Å². The van der Waals surface area contributed by atoms with Crippen LogP contribution in [0.5, 0.6) is 5.75 Å². The van der Waals surface area contributed by atoms with E-state index in [2.05, 4.69) is 29.7 Å². The highest BCUT2D eigenvalue weighted by molar-refractivity contribution is 5.78. The number of nitrogens with two attached hydrogens (primary N) is 1. The van der Waals surface area contributed by atoms with Gasteiger partial charge in [-0.15, -0.1) is 0 Å². The van der Waals surface area contributed by atoms with E-state index in [1.807, 2.05) is 19.2 Å². The van der Waals surface area contributed by atoms with Gasteiger partial charge >= 0.3 is 0 Å². The van der Waals surface area contributed by atoms with Gasteiger partial charge in [-0.3, -0.25) is 4.79 Å². The van der Waals surface area contributed by atoms with Crippen LogP contribution in [0.2, 0.25) is 0 Å². The lowest BCUT2D eigenvalue weighted by Gasteiger charge is -2.15. The Hall–Kier alpha value is -1.59. The van der Waals surface area contributed by atoms with E-state index >= 15 is 0 Å². The van der Waals surface area contributed by atoms with Gasteiger partial charge in [-0.2, -0.15) is 0 Å². The van der Waals surface area contributed by atoms with Crippen LogP contribution in [0, 0.1) is 5.92 Å². The molecule has 0 aliphatic rings. The number of carbonyl (C=O) groups excluding carboxylic acids is 1. The van der Waals surface area contributed by atoms with Crippen LogP contribution in [-0.4, -0.2) is 39.2 Å². The molecule has 142 valence electrons. The fourth-order valence-corrected chi connectivity index (χ4v) is 2.68. The Morgan fingerprint density at radius 1 is 1.12 bits per heavy atom. The molecule has 0 spiro atoms. The molecular formula is C20H35N3O2. The van der Waals surface area contributed by atoms with Crippen molar-refractivity contribution in [2.24, 2.45) is 11.7 Å². The van der Waals surface area contributed by atoms with Crippen LogP contribution in [0.15, 0.2) is 24.3 Å². The van der Waals surface area contributed by atoms with Gasteiger partial charge in [0, 0.05) is 19.0 Å². The fraction of sp³-hybridized carbons (Fsp3) is 0.650. The van der Waals surface area contributed by atoms with Crippen molar-refractivity contribution in [1.82, 2.24) is 10.6 Å². The molecule has 1 atom stereocenters. The van der Waals surface area contributed by atoms with Crippen LogP contribution in [0.25, 0.3) is 0 Å². The van der Waals surface area contributed by atoms with E-state index in [0.717, 1.165) is 63.9 Å². The predicted octanol–water partition coefficient (Wildman–Crippen LogP) is 2.49. The first-order valence-corrected chi connectivity index (χ1v) is 9.55. The minimum absolute atomic E-state index is 0.0279. The number of amides is 1. The zero-order valence-electron chi connectivity index (χ0n) is 15.9. The highest BCUT2D eigenvalue weighted by atomic mass is 16.5. The SMILES string of the molecule is CC[C@@H](Cc1ccc(OCCNC)cc1)C(=O)NCCCCCCN. The summed E-state index contributed by atoms with van der Waals surface area (Å²) in [5, 5.41) is 6.13. The molecule has 0 fully saturated rings. The third kappa shape index (κ3) is 9.46. The largest absolute Gasteiger partial charge is 0.492 e. The summed E-state index contributed by atoms with van der Waals surface area (Å²) in [5.74, 6) is 1.06. The van der Waals surface area contributed by atoms with E-state index in [9.17, 15) is 4.79 Å². The van der Waals surface area contributed by atoms with Crippen molar-refractivity contribution in [2.75, 3.05) is 33.3 Å². The Morgan fingerprint density at radius 3 is 2.48 bits per heavy atom. The first kappa shape index (κ1) is 21.5. The predicted molar refractivity (Wildman–Crippen MR) is 104 cm³/mol. The fourth-order valence-electron chi connectivity index (χ4n) is 2.68. The Kier molecular flexibility index (Phi) is 11.7. The molecule has 0 saturated carbocycles. The molecule has 0 aromatic heterocycles. The summed E-state index contributed by atoms with van der Waals surface area (Å²) >= 11 is 0. The number of nitrogens with one attached hydrogen (secondary N) is 2. The van der Waals surface area contributed by atoms with Gasteiger partial charge in [-0.25, -0.2) is 0 Å². The maximum absolute atomic E-state index is 12.3. The highest BCUT2D eigenvalue weighted by Crippen LogP contribution is 2.17. The van der Waals surface area contributed by atoms with Crippen LogP contribution in [0.4, 0.5) is 0 Å². The molecule has 0 bridgehead atoms. The van der Waals surface area contributed by atoms with E-state index in [1.54, 1.807) is 0 Å². The van der Waals surface area contributed by atoms with E-state index in [1.165, 1.54) is 5.56 Å². The lowest BCUT2D eigenvalue weighted by atomic mass is 9.96. The second kappa shape index (κ2) is 13.7. The van der Waals surface area contributed by atoms with Crippen LogP contribution in [0.1, 0.15) is 44.6 Å². The van der Waals surface area contributed by atoms with Crippen molar-refractivity contribution >= 4 is 5.91 Å². The first-order chi connectivity index (χ1) is 12.2. The number of likely N-dealkylation sites (N-methyl/N-ethyl adjacent to an activating group) is 1. The van der Waals surface area contributed by atoms with Crippen molar-refractivity contribution in [3.8, 4) is 5.75 Å². The molecule has 0 heterocycles. The second-order valence-corrected chi connectivity index (χ2v) is 6.40. The van der Waals surface area contributed by atoms with Gasteiger partial charge in [0.05, 0.1) is 0 Å². The molecule has 5 nitrogen and oxygen atoms in total. The van der Waals surface area contributed by atoms with Crippen LogP contribution >= 0.6 is 0 Å². The van der Waals surface area contributed by atoms with Crippen molar-refractivity contribution in [3.05, 3.63) is 29.8 Å². The number of rotatable bonds is 14. The number of ether oxygens (including phenoxy) is 1. The van der Waals surface area contributed by atoms with Crippen molar-refractivity contribution in [3.63, 3.8) is 0 Å². The third-order valence-electron chi connectivity index (χ3n) is 4.32. The van der Waals surface area contributed by atoms with E-state index in [4.69, 9.17) is 10.5 Å². The molecule has 5 heteroatoms. The van der Waals surface area contributed by atoms with Gasteiger partial charge in [-0.05, 0) is 57.0 Å². The average molecular weight is 350 g/mol. The summed E-state index contributed by atoms with van der Waals surface area (Å²) < 4.78 is 5.62. The van der Waals surface area contributed by atoms with Crippen molar-refractivity contribution in [2.45, 2.75) is 45.4 Å². The summed E-state index contributed by atoms with van der Waals surface area (Å²) in [4.78, 5) is 12.3. The summed E-state index contributed by atoms with van der Waals surface area (Å²) in [5.41, 5.74) is 6.65. The second-order valence-electron chi connectivity index (χ2n) is 6.40. The average Bonchev–Trinajstić information content (AvgIpc) is 2.63. The maximum Gasteiger partial charge on any atom is 0.223 e. The van der Waals surface area contributed by atoms with Gasteiger partial charge in [0.1, 0.15) is 12.4 Å². The quantitative estimate of drug-likeness (QED) is 0.451. The van der Waals surface area contributed by atoms with Gasteiger partial charge in [-0.1, -0.05) is 31.9 Å². The van der Waals surface area contributed by atoms with Crippen molar-refractivity contribution < 1.29 is 9.53 Å². The summed E-state index contributed by atoms with van der Waals surface area (Å²) in [7, 11) is 1.91. The maximum atomic E-state index is 12.3. The lowest BCUT2D eigenvalue weighted by molar-refractivity contribution is -0.125. The molecule has 0 aliphatic carbocycles. The first-order valence-electron chi connectivity index (χ1n) is 9.55. The topological polar surface area (TPSA) is 76.4 Å². The minimum atomic E-state index is 0.0279. The Balaban J connectivity index is 2.34. The molecule has 0 unspecified atom stereocenters. The standard InChI is InChI=1S/C20H35N3O2/c1-3-18(20(24)23-13-7-5-4-6-12-21)16-17-8-10-19(11-9-17)25-15-14-22-2/h8-11,18,22H,3-7,12-16,21H2,1-2H3,(H,23,24)/t18-/m0/s1. The van der Waals surface area contributed by atoms with Gasteiger partial charge in [0.25, 0.3) is 0 Å². The molecule has 1 amide bonds. The van der Waals surface area contributed by atoms with Crippen molar-refractivity contribution in [1.29, 1.82) is 0 Å². The number of hydrogen-bond donors (Lipinski definition) is 3. The number of benzene rings is 1. The molecular weight excluding hydrogens is 314 g/mol. The molecule has 0 saturated heterocycles. The normalized spacial score (nSPS) is 12.0. The van der Waals surface area contributed by atoms with Gasteiger partial charge < -0.3 is 21.1 Å². The summed E-state index contributed by atoms with van der Waals surface area (Å²) in [6, 6.07) is 8.06. The number of unbranched alkanes of at least 4 members (excludes halogenated alkanes) is 3. The Morgan fingerprint density at radius 2 is 1.84 bits per heavy atom. The molecule has 25 heavy (non-hydrogen) atoms. The van der Waals surface area contributed by atoms with E-state index in [-0.39, 0.29) is 11.8 Å². The molecule has 0 radical (unpaired) electrons. The Labute approximate surface area is 152 Å². The van der Waals surface area contributed by atoms with Crippen LogP contribution < -0.4 is 21.1 Å². The number of hydrogen-bond acceptors (Lipinski definition) is 4. The molecule has 0 aliphatic heterocycles. The summed E-state index contributed by atoms with van der Waals surface area (Å²) in [6.07, 6.45) is 5.99. The summed E-state index contributed by atoms with van der Waals surface area (Å²) in [6.45, 7) is 5.07. The lowest BCUT2D eigenvalue weighted by Crippen LogP contribution is -2.32. The molecule has 1 aromatic carbocycles. The van der Waals surface area contributed by atoms with E-state index in [0.29, 0.717) is 6.61 Å². The third-order valence-corrected chi connectivity index (χ3v) is 4.32. The van der Waals surface area contributed by atoms with Crippen LogP contribution in [-0.2, 0) is 11.2 Å². The van der Waals surface area contributed by atoms with Gasteiger partial charge in [0.15, 0.2) is 0 Å². The Bertz CT molecular complexity index is 463. The molecule has 1 aromatic rings. The zero-order chi connectivity index (χ0) is 18.3.